The first-order valence-corrected chi connectivity index (χ1v) is 10.9. The lowest BCUT2D eigenvalue weighted by molar-refractivity contribution is 0.574. The number of fused-ring (bicyclic) bond motifs is 1. The molecule has 0 atom stereocenters. The minimum absolute atomic E-state index is 0.00585. The fourth-order valence-corrected chi connectivity index (χ4v) is 4.39. The van der Waals surface area contributed by atoms with Gasteiger partial charge in [0.1, 0.15) is 11.6 Å². The molecule has 3 heterocycles. The SMILES string of the molecule is Cc1cc2c(c(N3CCCCC3)n1)c(=O)cc(Nc1ccccc1)n2-c1ccccc1. The third kappa shape index (κ3) is 3.79. The lowest BCUT2D eigenvalue weighted by Gasteiger charge is -2.29. The summed E-state index contributed by atoms with van der Waals surface area (Å²) in [6.45, 7) is 3.89. The van der Waals surface area contributed by atoms with E-state index in [0.717, 1.165) is 60.2 Å². The summed E-state index contributed by atoms with van der Waals surface area (Å²) < 4.78 is 2.13. The van der Waals surface area contributed by atoms with Gasteiger partial charge in [-0.1, -0.05) is 36.4 Å². The zero-order valence-electron chi connectivity index (χ0n) is 17.7. The molecule has 0 bridgehead atoms. The number of para-hydroxylation sites is 2. The van der Waals surface area contributed by atoms with Gasteiger partial charge >= 0.3 is 0 Å². The van der Waals surface area contributed by atoms with Crippen LogP contribution in [-0.2, 0) is 0 Å². The van der Waals surface area contributed by atoms with Crippen LogP contribution >= 0.6 is 0 Å². The van der Waals surface area contributed by atoms with Crippen molar-refractivity contribution >= 4 is 28.2 Å². The Morgan fingerprint density at radius 1 is 0.871 bits per heavy atom. The van der Waals surface area contributed by atoms with Gasteiger partial charge in [0.15, 0.2) is 5.43 Å². The molecule has 0 radical (unpaired) electrons. The molecule has 5 heteroatoms. The number of aryl methyl sites for hydroxylation is 1. The summed E-state index contributed by atoms with van der Waals surface area (Å²) in [5.41, 5.74) is 3.72. The Morgan fingerprint density at radius 3 is 2.26 bits per heavy atom. The van der Waals surface area contributed by atoms with Crippen molar-refractivity contribution in [2.24, 2.45) is 0 Å². The van der Waals surface area contributed by atoms with Crippen LogP contribution in [-0.4, -0.2) is 22.6 Å². The average Bonchev–Trinajstić information content (AvgIpc) is 2.80. The van der Waals surface area contributed by atoms with E-state index in [1.165, 1.54) is 6.42 Å². The molecule has 1 aliphatic rings. The number of hydrogen-bond donors (Lipinski definition) is 1. The maximum atomic E-state index is 13.4. The Hall–Kier alpha value is -3.60. The molecule has 0 amide bonds. The highest BCUT2D eigenvalue weighted by Gasteiger charge is 2.21. The van der Waals surface area contributed by atoms with Gasteiger partial charge in [-0.25, -0.2) is 4.98 Å². The van der Waals surface area contributed by atoms with Crippen LogP contribution in [0.2, 0.25) is 0 Å². The Balaban J connectivity index is 1.79. The zero-order valence-corrected chi connectivity index (χ0v) is 17.7. The molecule has 31 heavy (non-hydrogen) atoms. The zero-order chi connectivity index (χ0) is 21.2. The number of piperidine rings is 1. The first-order valence-electron chi connectivity index (χ1n) is 10.9. The molecule has 0 saturated carbocycles. The predicted molar refractivity (Wildman–Crippen MR) is 128 cm³/mol. The normalized spacial score (nSPS) is 14.0. The lowest BCUT2D eigenvalue weighted by Crippen LogP contribution is -2.31. The van der Waals surface area contributed by atoms with Gasteiger partial charge in [0, 0.05) is 36.2 Å². The molecule has 0 aliphatic carbocycles. The maximum Gasteiger partial charge on any atom is 0.195 e. The Bertz CT molecular complexity index is 1260. The van der Waals surface area contributed by atoms with E-state index in [0.29, 0.717) is 5.39 Å². The largest absolute Gasteiger partial charge is 0.356 e. The van der Waals surface area contributed by atoms with E-state index in [9.17, 15) is 4.79 Å². The number of nitrogens with one attached hydrogen (secondary N) is 1. The molecular weight excluding hydrogens is 384 g/mol. The molecule has 5 nitrogen and oxygen atoms in total. The van der Waals surface area contributed by atoms with E-state index in [1.54, 1.807) is 6.07 Å². The third-order valence-corrected chi connectivity index (χ3v) is 5.82. The van der Waals surface area contributed by atoms with E-state index in [2.05, 4.69) is 26.9 Å². The molecule has 156 valence electrons. The predicted octanol–water partition coefficient (Wildman–Crippen LogP) is 5.43. The van der Waals surface area contributed by atoms with Gasteiger partial charge in [0.2, 0.25) is 0 Å². The summed E-state index contributed by atoms with van der Waals surface area (Å²) >= 11 is 0. The molecule has 1 aliphatic heterocycles. The number of hydrogen-bond acceptors (Lipinski definition) is 4. The monoisotopic (exact) mass is 410 g/mol. The van der Waals surface area contributed by atoms with Crippen molar-refractivity contribution in [2.75, 3.05) is 23.3 Å². The van der Waals surface area contributed by atoms with Crippen LogP contribution in [0.25, 0.3) is 16.6 Å². The Labute approximate surface area is 182 Å². The van der Waals surface area contributed by atoms with Gasteiger partial charge in [-0.15, -0.1) is 0 Å². The Morgan fingerprint density at radius 2 is 1.55 bits per heavy atom. The molecule has 2 aromatic heterocycles. The first-order chi connectivity index (χ1) is 15.2. The van der Waals surface area contributed by atoms with Crippen LogP contribution < -0.4 is 15.6 Å². The minimum atomic E-state index is -0.00585. The van der Waals surface area contributed by atoms with E-state index in [-0.39, 0.29) is 5.43 Å². The van der Waals surface area contributed by atoms with Gasteiger partial charge in [-0.2, -0.15) is 0 Å². The fraction of sp³-hybridized carbons (Fsp3) is 0.231. The molecule has 1 fully saturated rings. The highest BCUT2D eigenvalue weighted by atomic mass is 16.1. The standard InChI is InChI=1S/C26H26N4O/c1-19-17-22-25(26(27-19)29-15-9-4-10-16-29)23(31)18-24(28-20-11-5-2-6-12-20)30(22)21-13-7-3-8-14-21/h2-3,5-8,11-14,17-18,28H,4,9-10,15-16H2,1H3. The summed E-state index contributed by atoms with van der Waals surface area (Å²) in [7, 11) is 0. The number of rotatable bonds is 4. The van der Waals surface area contributed by atoms with Gasteiger partial charge in [0.25, 0.3) is 0 Å². The second-order valence-electron chi connectivity index (χ2n) is 8.08. The quantitative estimate of drug-likeness (QED) is 0.487. The van der Waals surface area contributed by atoms with Gasteiger partial charge in [-0.05, 0) is 56.5 Å². The van der Waals surface area contributed by atoms with Crippen LogP contribution in [0, 0.1) is 6.92 Å². The van der Waals surface area contributed by atoms with Gasteiger partial charge in [0.05, 0.1) is 10.9 Å². The van der Waals surface area contributed by atoms with Crippen molar-refractivity contribution in [1.29, 1.82) is 0 Å². The molecule has 4 aromatic rings. The van der Waals surface area contributed by atoms with Crippen LogP contribution in [0.5, 0.6) is 0 Å². The van der Waals surface area contributed by atoms with Crippen molar-refractivity contribution < 1.29 is 0 Å². The summed E-state index contributed by atoms with van der Waals surface area (Å²) in [5, 5.41) is 4.14. The highest BCUT2D eigenvalue weighted by Crippen LogP contribution is 2.31. The molecular formula is C26H26N4O. The van der Waals surface area contributed by atoms with E-state index < -0.39 is 0 Å². The topological polar surface area (TPSA) is 50.2 Å². The molecule has 0 unspecified atom stereocenters. The van der Waals surface area contributed by atoms with Gasteiger partial charge in [-0.3, -0.25) is 9.36 Å². The second-order valence-corrected chi connectivity index (χ2v) is 8.08. The summed E-state index contributed by atoms with van der Waals surface area (Å²) in [4.78, 5) is 20.5. The molecule has 1 N–H and O–H groups in total. The number of nitrogens with zero attached hydrogens (tertiary/aromatic N) is 3. The first kappa shape index (κ1) is 19.4. The molecule has 5 rings (SSSR count). The van der Waals surface area contributed by atoms with Crippen molar-refractivity contribution in [3.05, 3.63) is 88.7 Å². The Kier molecular flexibility index (Phi) is 5.16. The molecule has 0 spiro atoms. The summed E-state index contributed by atoms with van der Waals surface area (Å²) in [5.74, 6) is 1.56. The maximum absolute atomic E-state index is 13.4. The van der Waals surface area contributed by atoms with E-state index in [1.807, 2.05) is 61.5 Å². The van der Waals surface area contributed by atoms with E-state index >= 15 is 0 Å². The number of pyridine rings is 2. The van der Waals surface area contributed by atoms with Crippen molar-refractivity contribution in [3.63, 3.8) is 0 Å². The van der Waals surface area contributed by atoms with Crippen LogP contribution in [0.1, 0.15) is 25.0 Å². The average molecular weight is 411 g/mol. The fourth-order valence-electron chi connectivity index (χ4n) is 4.39. The third-order valence-electron chi connectivity index (χ3n) is 5.82. The van der Waals surface area contributed by atoms with Crippen LogP contribution in [0.15, 0.2) is 77.6 Å². The second kappa shape index (κ2) is 8.26. The smallest absolute Gasteiger partial charge is 0.195 e. The van der Waals surface area contributed by atoms with E-state index in [4.69, 9.17) is 4.98 Å². The molecule has 2 aromatic carbocycles. The summed E-state index contributed by atoms with van der Waals surface area (Å²) in [6.07, 6.45) is 3.51. The van der Waals surface area contributed by atoms with Crippen molar-refractivity contribution in [2.45, 2.75) is 26.2 Å². The van der Waals surface area contributed by atoms with Crippen LogP contribution in [0.4, 0.5) is 17.3 Å². The van der Waals surface area contributed by atoms with Crippen molar-refractivity contribution in [1.82, 2.24) is 9.55 Å². The van der Waals surface area contributed by atoms with Crippen LogP contribution in [0.3, 0.4) is 0 Å². The van der Waals surface area contributed by atoms with Gasteiger partial charge < -0.3 is 10.2 Å². The number of anilines is 3. The lowest BCUT2D eigenvalue weighted by atomic mass is 10.1. The number of benzene rings is 2. The summed E-state index contributed by atoms with van der Waals surface area (Å²) in [6, 6.07) is 23.8. The number of aromatic nitrogens is 2. The minimum Gasteiger partial charge on any atom is -0.356 e. The highest BCUT2D eigenvalue weighted by molar-refractivity contribution is 5.93. The molecule has 1 saturated heterocycles. The van der Waals surface area contributed by atoms with Crippen molar-refractivity contribution in [3.8, 4) is 5.69 Å².